The van der Waals surface area contributed by atoms with E-state index in [2.05, 4.69) is 15.9 Å². The van der Waals surface area contributed by atoms with E-state index in [1.807, 2.05) is 18.2 Å². The molecule has 2 aromatic rings. The lowest BCUT2D eigenvalue weighted by atomic mass is 9.97. The molecule has 0 saturated heterocycles. The number of furan rings is 1. The van der Waals surface area contributed by atoms with E-state index >= 15 is 0 Å². The summed E-state index contributed by atoms with van der Waals surface area (Å²) < 4.78 is 6.31. The first-order valence-electron chi connectivity index (χ1n) is 4.39. The third kappa shape index (κ3) is 1.47. The lowest BCUT2D eigenvalue weighted by molar-refractivity contribution is 0.0792. The predicted molar refractivity (Wildman–Crippen MR) is 59.2 cm³/mol. The maximum Gasteiger partial charge on any atom is 0.141 e. The summed E-state index contributed by atoms with van der Waals surface area (Å²) in [6.07, 6.45) is 1.64. The summed E-state index contributed by atoms with van der Waals surface area (Å²) in [5, 5.41) is 10.9. The van der Waals surface area contributed by atoms with Gasteiger partial charge in [0.15, 0.2) is 0 Å². The Bertz CT molecular complexity index is 466. The maximum absolute atomic E-state index is 9.92. The molecule has 0 bridgehead atoms. The van der Waals surface area contributed by atoms with E-state index in [-0.39, 0.29) is 0 Å². The minimum atomic E-state index is -0.878. The van der Waals surface area contributed by atoms with E-state index in [9.17, 15) is 5.11 Å². The molecule has 0 aliphatic carbocycles. The van der Waals surface area contributed by atoms with Crippen LogP contribution in [0.5, 0.6) is 0 Å². The molecule has 3 heteroatoms. The van der Waals surface area contributed by atoms with Gasteiger partial charge in [-0.1, -0.05) is 12.1 Å². The van der Waals surface area contributed by atoms with Crippen molar-refractivity contribution in [2.45, 2.75) is 19.4 Å². The van der Waals surface area contributed by atoms with E-state index in [4.69, 9.17) is 4.42 Å². The van der Waals surface area contributed by atoms with Crippen LogP contribution < -0.4 is 0 Å². The van der Waals surface area contributed by atoms with Crippen LogP contribution >= 0.6 is 15.9 Å². The number of para-hydroxylation sites is 1. The van der Waals surface area contributed by atoms with E-state index in [0.717, 1.165) is 21.0 Å². The summed E-state index contributed by atoms with van der Waals surface area (Å²) in [5.41, 5.74) is 0.671. The smallest absolute Gasteiger partial charge is 0.141 e. The molecule has 2 rings (SSSR count). The second kappa shape index (κ2) is 3.11. The van der Waals surface area contributed by atoms with Gasteiger partial charge in [0.2, 0.25) is 0 Å². The molecule has 0 amide bonds. The minimum absolute atomic E-state index is 0.742. The van der Waals surface area contributed by atoms with Crippen molar-refractivity contribution in [2.24, 2.45) is 0 Å². The molecular weight excluding hydrogens is 244 g/mol. The average molecular weight is 255 g/mol. The van der Waals surface area contributed by atoms with Gasteiger partial charge in [-0.05, 0) is 35.8 Å². The second-order valence-corrected chi connectivity index (χ2v) is 4.68. The van der Waals surface area contributed by atoms with Crippen molar-refractivity contribution < 1.29 is 9.52 Å². The number of hydrogen-bond acceptors (Lipinski definition) is 2. The molecule has 1 N–H and O–H groups in total. The third-order valence-corrected chi connectivity index (χ3v) is 2.83. The van der Waals surface area contributed by atoms with E-state index in [1.165, 1.54) is 0 Å². The van der Waals surface area contributed by atoms with Crippen molar-refractivity contribution in [3.8, 4) is 0 Å². The van der Waals surface area contributed by atoms with Gasteiger partial charge >= 0.3 is 0 Å². The lowest BCUT2D eigenvalue weighted by Gasteiger charge is -2.17. The Balaban J connectivity index is 2.79. The molecule has 2 nitrogen and oxygen atoms in total. The average Bonchev–Trinajstić information content (AvgIpc) is 2.46. The van der Waals surface area contributed by atoms with Crippen molar-refractivity contribution in [1.82, 2.24) is 0 Å². The van der Waals surface area contributed by atoms with Gasteiger partial charge in [-0.2, -0.15) is 0 Å². The van der Waals surface area contributed by atoms with Crippen molar-refractivity contribution in [2.75, 3.05) is 0 Å². The molecular formula is C11H11BrO2. The van der Waals surface area contributed by atoms with Crippen molar-refractivity contribution in [1.29, 1.82) is 0 Å². The zero-order chi connectivity index (χ0) is 10.3. The topological polar surface area (TPSA) is 33.4 Å². The summed E-state index contributed by atoms with van der Waals surface area (Å²) in [6.45, 7) is 3.50. The first kappa shape index (κ1) is 9.74. The van der Waals surface area contributed by atoms with Crippen LogP contribution in [0.4, 0.5) is 0 Å². The fourth-order valence-electron chi connectivity index (χ4n) is 1.51. The van der Waals surface area contributed by atoms with Gasteiger partial charge in [-0.3, -0.25) is 0 Å². The summed E-state index contributed by atoms with van der Waals surface area (Å²) >= 11 is 3.39. The SMILES string of the molecule is CC(C)(O)c1cccc2c(Br)coc12. The van der Waals surface area contributed by atoms with Crippen LogP contribution in [0.1, 0.15) is 19.4 Å². The lowest BCUT2D eigenvalue weighted by Crippen LogP contribution is -2.15. The molecule has 0 aliphatic rings. The second-order valence-electron chi connectivity index (χ2n) is 3.82. The standard InChI is InChI=1S/C11H11BrO2/c1-11(2,13)8-5-3-4-7-9(12)6-14-10(7)8/h3-6,13H,1-2H3. The largest absolute Gasteiger partial charge is 0.463 e. The van der Waals surface area contributed by atoms with Crippen molar-refractivity contribution in [3.63, 3.8) is 0 Å². The van der Waals surface area contributed by atoms with Gasteiger partial charge in [0, 0.05) is 10.9 Å². The molecule has 0 unspecified atom stereocenters. The summed E-state index contributed by atoms with van der Waals surface area (Å²) in [6, 6.07) is 5.74. The Hall–Kier alpha value is -0.800. The highest BCUT2D eigenvalue weighted by Crippen LogP contribution is 2.33. The fourth-order valence-corrected chi connectivity index (χ4v) is 1.91. The normalized spacial score (nSPS) is 12.3. The van der Waals surface area contributed by atoms with Crippen LogP contribution in [0.3, 0.4) is 0 Å². The van der Waals surface area contributed by atoms with E-state index in [1.54, 1.807) is 20.1 Å². The Labute approximate surface area is 90.7 Å². The van der Waals surface area contributed by atoms with Crippen molar-refractivity contribution in [3.05, 3.63) is 34.5 Å². The zero-order valence-electron chi connectivity index (χ0n) is 8.04. The first-order valence-corrected chi connectivity index (χ1v) is 5.18. The third-order valence-electron chi connectivity index (χ3n) is 2.21. The number of aliphatic hydroxyl groups is 1. The van der Waals surface area contributed by atoms with Crippen LogP contribution in [0.15, 0.2) is 33.4 Å². The predicted octanol–water partition coefficient (Wildman–Crippen LogP) is 3.42. The van der Waals surface area contributed by atoms with E-state index in [0.29, 0.717) is 0 Å². The molecule has 1 aromatic heterocycles. The summed E-state index contributed by atoms with van der Waals surface area (Å²) in [5.74, 6) is 0. The van der Waals surface area contributed by atoms with Crippen LogP contribution in [-0.2, 0) is 5.60 Å². The molecule has 1 aromatic carbocycles. The molecule has 0 aliphatic heterocycles. The van der Waals surface area contributed by atoms with Crippen LogP contribution in [-0.4, -0.2) is 5.11 Å². The molecule has 1 heterocycles. The number of halogens is 1. The maximum atomic E-state index is 9.92. The highest BCUT2D eigenvalue weighted by Gasteiger charge is 2.21. The Morgan fingerprint density at radius 2 is 2.07 bits per heavy atom. The minimum Gasteiger partial charge on any atom is -0.463 e. The molecule has 0 saturated carbocycles. The van der Waals surface area contributed by atoms with Gasteiger partial charge in [-0.15, -0.1) is 0 Å². The monoisotopic (exact) mass is 254 g/mol. The van der Waals surface area contributed by atoms with Gasteiger partial charge in [-0.25, -0.2) is 0 Å². The number of rotatable bonds is 1. The quantitative estimate of drug-likeness (QED) is 0.846. The first-order chi connectivity index (χ1) is 6.50. The molecule has 0 fully saturated rings. The molecule has 74 valence electrons. The number of benzene rings is 1. The summed E-state index contributed by atoms with van der Waals surface area (Å²) in [7, 11) is 0. The van der Waals surface area contributed by atoms with E-state index < -0.39 is 5.60 Å². The van der Waals surface area contributed by atoms with Crippen LogP contribution in [0.25, 0.3) is 11.0 Å². The molecule has 0 atom stereocenters. The number of fused-ring (bicyclic) bond motifs is 1. The summed E-state index contributed by atoms with van der Waals surface area (Å²) in [4.78, 5) is 0. The molecule has 0 spiro atoms. The Morgan fingerprint density at radius 1 is 1.36 bits per heavy atom. The van der Waals surface area contributed by atoms with Gasteiger partial charge in [0.1, 0.15) is 11.8 Å². The van der Waals surface area contributed by atoms with Gasteiger partial charge < -0.3 is 9.52 Å². The van der Waals surface area contributed by atoms with Gasteiger partial charge in [0.25, 0.3) is 0 Å². The van der Waals surface area contributed by atoms with Crippen LogP contribution in [0.2, 0.25) is 0 Å². The molecule has 14 heavy (non-hydrogen) atoms. The highest BCUT2D eigenvalue weighted by molar-refractivity contribution is 9.10. The van der Waals surface area contributed by atoms with Crippen LogP contribution in [0, 0.1) is 0 Å². The molecule has 0 radical (unpaired) electrons. The fraction of sp³-hybridized carbons (Fsp3) is 0.273. The highest BCUT2D eigenvalue weighted by atomic mass is 79.9. The van der Waals surface area contributed by atoms with Crippen molar-refractivity contribution >= 4 is 26.9 Å². The van der Waals surface area contributed by atoms with Gasteiger partial charge in [0.05, 0.1) is 10.1 Å². The zero-order valence-corrected chi connectivity index (χ0v) is 9.63. The number of hydrogen-bond donors (Lipinski definition) is 1. The Kier molecular flexibility index (Phi) is 2.16. The Morgan fingerprint density at radius 3 is 2.71 bits per heavy atom.